The predicted octanol–water partition coefficient (Wildman–Crippen LogP) is 7.30. The number of fused-ring (bicyclic) bond motifs is 3. The summed E-state index contributed by atoms with van der Waals surface area (Å²) in [4.78, 5) is 0. The number of furan rings is 3. The summed E-state index contributed by atoms with van der Waals surface area (Å²) in [6.07, 6.45) is 5.10. The van der Waals surface area contributed by atoms with Crippen LogP contribution >= 0.6 is 0 Å². The molecule has 132 valence electrons. The number of hydrogen-bond donors (Lipinski definition) is 0. The lowest BCUT2D eigenvalue weighted by atomic mass is 10.3. The summed E-state index contributed by atoms with van der Waals surface area (Å²) in [5.41, 5.74) is 2.87. The van der Waals surface area contributed by atoms with Crippen molar-refractivity contribution in [2.75, 3.05) is 0 Å². The second-order valence-corrected chi connectivity index (χ2v) is 5.88. The summed E-state index contributed by atoms with van der Waals surface area (Å²) >= 11 is 0. The fraction of sp³-hybridized carbons (Fsp3) is 0. The van der Waals surface area contributed by atoms with Crippen molar-refractivity contribution in [1.82, 2.24) is 0 Å². The Morgan fingerprint density at radius 2 is 0.630 bits per heavy atom. The first-order chi connectivity index (χ1) is 13.4. The average Bonchev–Trinajstić information content (AvgIpc) is 3.48. The van der Waals surface area contributed by atoms with Crippen molar-refractivity contribution >= 4 is 32.9 Å². The van der Waals surface area contributed by atoms with Crippen LogP contribution in [-0.4, -0.2) is 0 Å². The fourth-order valence-corrected chi connectivity index (χ4v) is 2.72. The summed E-state index contributed by atoms with van der Waals surface area (Å²) in [7, 11) is 0. The van der Waals surface area contributed by atoms with Gasteiger partial charge in [-0.3, -0.25) is 0 Å². The van der Waals surface area contributed by atoms with E-state index in [0.717, 1.165) is 32.9 Å². The van der Waals surface area contributed by atoms with E-state index in [4.69, 9.17) is 13.3 Å². The van der Waals surface area contributed by atoms with E-state index < -0.39 is 0 Å². The molecular formula is C24H18O3. The van der Waals surface area contributed by atoms with Crippen molar-refractivity contribution < 1.29 is 13.3 Å². The van der Waals surface area contributed by atoms with Gasteiger partial charge in [0, 0.05) is 16.2 Å². The SMILES string of the molecule is c1ccc2occc2c1.c1ccc2occc2c1.c1ccc2occc2c1. The molecule has 6 rings (SSSR count). The van der Waals surface area contributed by atoms with Crippen LogP contribution in [0.15, 0.2) is 123 Å². The third kappa shape index (κ3) is 4.10. The largest absolute Gasteiger partial charge is 0.464 e. The van der Waals surface area contributed by atoms with Gasteiger partial charge in [0.25, 0.3) is 0 Å². The van der Waals surface area contributed by atoms with E-state index in [9.17, 15) is 0 Å². The topological polar surface area (TPSA) is 39.4 Å². The minimum atomic E-state index is 0.956. The number of para-hydroxylation sites is 3. The quantitative estimate of drug-likeness (QED) is 0.287. The van der Waals surface area contributed by atoms with Gasteiger partial charge in [-0.1, -0.05) is 54.6 Å². The lowest BCUT2D eigenvalue weighted by Crippen LogP contribution is -1.57. The first-order valence-electron chi connectivity index (χ1n) is 8.67. The third-order valence-corrected chi connectivity index (χ3v) is 4.08. The maximum atomic E-state index is 5.12. The molecule has 3 heterocycles. The standard InChI is InChI=1S/3C8H6O/c3*1-2-4-8-7(3-1)5-6-9-8/h3*1-6H. The molecule has 3 aromatic heterocycles. The Morgan fingerprint density at radius 3 is 0.926 bits per heavy atom. The van der Waals surface area contributed by atoms with Gasteiger partial charge in [-0.25, -0.2) is 0 Å². The summed E-state index contributed by atoms with van der Waals surface area (Å²) in [6, 6.07) is 29.7. The highest BCUT2D eigenvalue weighted by molar-refractivity contribution is 5.77. The van der Waals surface area contributed by atoms with Crippen molar-refractivity contribution in [1.29, 1.82) is 0 Å². The maximum absolute atomic E-state index is 5.12. The van der Waals surface area contributed by atoms with Crippen LogP contribution in [0, 0.1) is 0 Å². The van der Waals surface area contributed by atoms with E-state index >= 15 is 0 Å². The summed E-state index contributed by atoms with van der Waals surface area (Å²) in [6.45, 7) is 0. The van der Waals surface area contributed by atoms with E-state index in [2.05, 4.69) is 0 Å². The third-order valence-electron chi connectivity index (χ3n) is 4.08. The molecular weight excluding hydrogens is 336 g/mol. The minimum absolute atomic E-state index is 0.956. The van der Waals surface area contributed by atoms with Crippen molar-refractivity contribution in [2.24, 2.45) is 0 Å². The molecule has 0 bridgehead atoms. The van der Waals surface area contributed by atoms with E-state index in [-0.39, 0.29) is 0 Å². The average molecular weight is 354 g/mol. The molecule has 0 aliphatic heterocycles. The molecule has 0 saturated carbocycles. The second kappa shape index (κ2) is 8.11. The molecule has 0 unspecified atom stereocenters. The molecule has 0 N–H and O–H groups in total. The zero-order valence-electron chi connectivity index (χ0n) is 14.6. The van der Waals surface area contributed by atoms with Crippen molar-refractivity contribution in [3.05, 3.63) is 110 Å². The summed E-state index contributed by atoms with van der Waals surface area (Å²) in [5.74, 6) is 0. The molecule has 0 atom stereocenters. The molecule has 0 amide bonds. The zero-order chi connectivity index (χ0) is 18.3. The molecule has 3 nitrogen and oxygen atoms in total. The van der Waals surface area contributed by atoms with E-state index in [0.29, 0.717) is 0 Å². The normalized spacial score (nSPS) is 10.2. The highest BCUT2D eigenvalue weighted by atomic mass is 16.3. The van der Waals surface area contributed by atoms with Crippen LogP contribution in [0.25, 0.3) is 32.9 Å². The number of rotatable bonds is 0. The smallest absolute Gasteiger partial charge is 0.133 e. The fourth-order valence-electron chi connectivity index (χ4n) is 2.72. The molecule has 3 aromatic carbocycles. The van der Waals surface area contributed by atoms with Crippen LogP contribution in [0.1, 0.15) is 0 Å². The Kier molecular flexibility index (Phi) is 5.02. The van der Waals surface area contributed by atoms with E-state index in [1.807, 2.05) is 91.0 Å². The van der Waals surface area contributed by atoms with Gasteiger partial charge >= 0.3 is 0 Å². The van der Waals surface area contributed by atoms with Crippen LogP contribution in [-0.2, 0) is 0 Å². The van der Waals surface area contributed by atoms with E-state index in [1.54, 1.807) is 18.8 Å². The highest BCUT2D eigenvalue weighted by Gasteiger charge is 1.91. The summed E-state index contributed by atoms with van der Waals surface area (Å²) in [5, 5.41) is 3.49. The van der Waals surface area contributed by atoms with Gasteiger partial charge in [-0.2, -0.15) is 0 Å². The first-order valence-corrected chi connectivity index (χ1v) is 8.67. The van der Waals surface area contributed by atoms with Crippen LogP contribution < -0.4 is 0 Å². The van der Waals surface area contributed by atoms with Crippen molar-refractivity contribution in [2.45, 2.75) is 0 Å². The van der Waals surface area contributed by atoms with Gasteiger partial charge in [-0.15, -0.1) is 0 Å². The summed E-state index contributed by atoms with van der Waals surface area (Å²) < 4.78 is 15.4. The Labute approximate surface area is 156 Å². The van der Waals surface area contributed by atoms with Crippen molar-refractivity contribution in [3.8, 4) is 0 Å². The second-order valence-electron chi connectivity index (χ2n) is 5.88. The number of hydrogen-bond acceptors (Lipinski definition) is 3. The molecule has 0 saturated heterocycles. The van der Waals surface area contributed by atoms with Gasteiger partial charge in [0.15, 0.2) is 0 Å². The minimum Gasteiger partial charge on any atom is -0.464 e. The zero-order valence-corrected chi connectivity index (χ0v) is 14.6. The maximum Gasteiger partial charge on any atom is 0.133 e. The number of benzene rings is 3. The van der Waals surface area contributed by atoms with Crippen LogP contribution in [0.5, 0.6) is 0 Å². The Balaban J connectivity index is 0.0000001000. The van der Waals surface area contributed by atoms with Gasteiger partial charge in [0.1, 0.15) is 16.7 Å². The van der Waals surface area contributed by atoms with Gasteiger partial charge < -0.3 is 13.3 Å². The molecule has 27 heavy (non-hydrogen) atoms. The van der Waals surface area contributed by atoms with Gasteiger partial charge in [-0.05, 0) is 36.4 Å². The molecule has 0 radical (unpaired) electrons. The Bertz CT molecular complexity index is 993. The Morgan fingerprint density at radius 1 is 0.333 bits per heavy atom. The first kappa shape index (κ1) is 16.7. The van der Waals surface area contributed by atoms with Crippen LogP contribution in [0.4, 0.5) is 0 Å². The van der Waals surface area contributed by atoms with Crippen LogP contribution in [0.2, 0.25) is 0 Å². The molecule has 0 spiro atoms. The Hall–Kier alpha value is -3.72. The molecule has 0 aliphatic carbocycles. The lowest BCUT2D eigenvalue weighted by molar-refractivity contribution is 0.615. The van der Waals surface area contributed by atoms with Gasteiger partial charge in [0.2, 0.25) is 0 Å². The van der Waals surface area contributed by atoms with Crippen molar-refractivity contribution in [3.63, 3.8) is 0 Å². The molecule has 0 fully saturated rings. The molecule has 0 aliphatic rings. The van der Waals surface area contributed by atoms with Gasteiger partial charge in [0.05, 0.1) is 18.8 Å². The highest BCUT2D eigenvalue weighted by Crippen LogP contribution is 2.14. The lowest BCUT2D eigenvalue weighted by Gasteiger charge is -1.81. The van der Waals surface area contributed by atoms with Crippen LogP contribution in [0.3, 0.4) is 0 Å². The monoisotopic (exact) mass is 354 g/mol. The molecule has 3 heteroatoms. The predicted molar refractivity (Wildman–Crippen MR) is 109 cm³/mol. The van der Waals surface area contributed by atoms with E-state index in [1.165, 1.54) is 0 Å². The molecule has 6 aromatic rings.